The highest BCUT2D eigenvalue weighted by molar-refractivity contribution is 6.42. The minimum Gasteiger partial charge on any atom is -0.466 e. The molecule has 2 heterocycles. The number of ether oxygens (including phenoxy) is 1. The van der Waals surface area contributed by atoms with Gasteiger partial charge in [-0.1, -0.05) is 41.4 Å². The minimum absolute atomic E-state index is 0.0969. The second-order valence-corrected chi connectivity index (χ2v) is 7.99. The molecule has 2 atom stereocenters. The normalized spacial score (nSPS) is 24.9. The van der Waals surface area contributed by atoms with E-state index in [1.807, 2.05) is 6.07 Å². The number of benzene rings is 1. The lowest BCUT2D eigenvalue weighted by Gasteiger charge is -2.47. The molecule has 1 aromatic carbocycles. The van der Waals surface area contributed by atoms with Crippen molar-refractivity contribution in [2.75, 3.05) is 13.7 Å². The third-order valence-electron chi connectivity index (χ3n) is 5.75. The van der Waals surface area contributed by atoms with E-state index in [9.17, 15) is 9.59 Å². The van der Waals surface area contributed by atoms with E-state index >= 15 is 0 Å². The molecule has 4 nitrogen and oxygen atoms in total. The molecule has 2 unspecified atom stereocenters. The summed E-state index contributed by atoms with van der Waals surface area (Å²) in [7, 11) is 1.38. The smallest absolute Gasteiger partial charge is 0.335 e. The van der Waals surface area contributed by atoms with Crippen LogP contribution in [0.25, 0.3) is 0 Å². The molecule has 1 aromatic rings. The summed E-state index contributed by atoms with van der Waals surface area (Å²) in [5.41, 5.74) is 3.01. The molecule has 1 fully saturated rings. The third-order valence-corrected chi connectivity index (χ3v) is 6.59. The summed E-state index contributed by atoms with van der Waals surface area (Å²) in [6, 6.07) is 5.35. The molecular weight excluding hydrogens is 385 g/mol. The molecular formula is C21H21Cl2NO3. The van der Waals surface area contributed by atoms with Gasteiger partial charge < -0.3 is 9.64 Å². The van der Waals surface area contributed by atoms with Crippen LogP contribution in [-0.2, 0) is 14.3 Å². The number of carbonyl (C=O) groups excluding carboxylic acids is 2. The summed E-state index contributed by atoms with van der Waals surface area (Å²) >= 11 is 12.7. The fourth-order valence-corrected chi connectivity index (χ4v) is 5.00. The Hall–Kier alpha value is -1.78. The molecule has 0 bridgehead atoms. The quantitative estimate of drug-likeness (QED) is 0.658. The summed E-state index contributed by atoms with van der Waals surface area (Å²) in [5.74, 6) is -1.02. The average molecular weight is 406 g/mol. The second kappa shape index (κ2) is 7.33. The first-order valence-corrected chi connectivity index (χ1v) is 10.1. The van der Waals surface area contributed by atoms with Crippen LogP contribution in [-0.4, -0.2) is 30.3 Å². The Labute approximate surface area is 168 Å². The number of Topliss-reactive ketones (excluding diaryl/α,β-unsaturated/α-hetero) is 1. The molecule has 4 rings (SSSR count). The van der Waals surface area contributed by atoms with Crippen molar-refractivity contribution in [2.24, 2.45) is 5.92 Å². The van der Waals surface area contributed by atoms with Gasteiger partial charge in [-0.15, -0.1) is 0 Å². The van der Waals surface area contributed by atoms with E-state index < -0.39 is 5.92 Å². The number of methoxy groups -OCH3 is 1. The number of esters is 1. The van der Waals surface area contributed by atoms with Crippen LogP contribution in [0, 0.1) is 5.92 Å². The maximum absolute atomic E-state index is 13.6. The first-order valence-electron chi connectivity index (χ1n) is 9.31. The van der Waals surface area contributed by atoms with Gasteiger partial charge in [-0.25, -0.2) is 4.79 Å². The highest BCUT2D eigenvalue weighted by Gasteiger charge is 2.47. The Morgan fingerprint density at radius 1 is 1.26 bits per heavy atom. The fraction of sp³-hybridized carbons (Fsp3) is 0.429. The standard InChI is InChI=1S/C21H21Cl2NO3/c1-27-21(26)14-8-5-11-24-16-10-3-2-6-12(16)20(25)17(19(14)24)13-7-4-9-15(22)18(13)23/h4,7,9-10,12,17H,2-3,5-6,8,11H2,1H3. The molecule has 27 heavy (non-hydrogen) atoms. The highest BCUT2D eigenvalue weighted by Crippen LogP contribution is 2.49. The number of rotatable bonds is 2. The number of nitrogens with zero attached hydrogens (tertiary/aromatic N) is 1. The SMILES string of the molecule is COC(=O)C1=C2C(c3cccc(Cl)c3Cl)C(=O)C3CCCC=C3N2CCC1. The topological polar surface area (TPSA) is 46.6 Å². The molecule has 0 spiro atoms. The fourth-order valence-electron chi connectivity index (χ4n) is 4.58. The van der Waals surface area contributed by atoms with E-state index in [0.717, 1.165) is 43.6 Å². The van der Waals surface area contributed by atoms with Crippen molar-refractivity contribution < 1.29 is 14.3 Å². The van der Waals surface area contributed by atoms with Crippen molar-refractivity contribution in [3.05, 3.63) is 56.9 Å². The molecule has 3 aliphatic rings. The van der Waals surface area contributed by atoms with Crippen molar-refractivity contribution in [3.63, 3.8) is 0 Å². The maximum atomic E-state index is 13.6. The predicted molar refractivity (Wildman–Crippen MR) is 105 cm³/mol. The van der Waals surface area contributed by atoms with Crippen molar-refractivity contribution in [2.45, 2.75) is 38.0 Å². The number of ketones is 1. The van der Waals surface area contributed by atoms with E-state index in [4.69, 9.17) is 27.9 Å². The van der Waals surface area contributed by atoms with E-state index in [1.165, 1.54) is 7.11 Å². The second-order valence-electron chi connectivity index (χ2n) is 7.20. The molecule has 6 heteroatoms. The first kappa shape index (κ1) is 18.6. The van der Waals surface area contributed by atoms with Crippen LogP contribution in [0.1, 0.15) is 43.6 Å². The van der Waals surface area contributed by atoms with Crippen molar-refractivity contribution >= 4 is 35.0 Å². The molecule has 1 aliphatic carbocycles. The molecule has 0 radical (unpaired) electrons. The Bertz CT molecular complexity index is 874. The summed E-state index contributed by atoms with van der Waals surface area (Å²) in [5, 5.41) is 0.789. The van der Waals surface area contributed by atoms with E-state index in [0.29, 0.717) is 27.6 Å². The largest absolute Gasteiger partial charge is 0.466 e. The zero-order chi connectivity index (χ0) is 19.1. The van der Waals surface area contributed by atoms with Crippen molar-refractivity contribution in [1.82, 2.24) is 4.90 Å². The molecule has 142 valence electrons. The lowest BCUT2D eigenvalue weighted by atomic mass is 9.72. The zero-order valence-electron chi connectivity index (χ0n) is 15.1. The van der Waals surface area contributed by atoms with Gasteiger partial charge in [0.2, 0.25) is 0 Å². The van der Waals surface area contributed by atoms with Gasteiger partial charge in [0.1, 0.15) is 0 Å². The van der Waals surface area contributed by atoms with Gasteiger partial charge >= 0.3 is 5.97 Å². The number of halogens is 2. The van der Waals surface area contributed by atoms with Gasteiger partial charge in [0.15, 0.2) is 5.78 Å². The van der Waals surface area contributed by atoms with Gasteiger partial charge in [-0.05, 0) is 43.7 Å². The number of fused-ring (bicyclic) bond motifs is 3. The van der Waals surface area contributed by atoms with E-state index in [2.05, 4.69) is 11.0 Å². The first-order chi connectivity index (χ1) is 13.0. The van der Waals surface area contributed by atoms with Crippen LogP contribution in [0.3, 0.4) is 0 Å². The summed E-state index contributed by atoms with van der Waals surface area (Å²) in [6.07, 6.45) is 6.38. The van der Waals surface area contributed by atoms with Crippen LogP contribution in [0.2, 0.25) is 10.0 Å². The lowest BCUT2D eigenvalue weighted by molar-refractivity contribution is -0.136. The molecule has 0 aromatic heterocycles. The Morgan fingerprint density at radius 3 is 2.85 bits per heavy atom. The average Bonchev–Trinajstić information content (AvgIpc) is 2.70. The minimum atomic E-state index is -0.592. The highest BCUT2D eigenvalue weighted by atomic mass is 35.5. The number of carbonyl (C=O) groups is 2. The zero-order valence-corrected chi connectivity index (χ0v) is 16.6. The Kier molecular flexibility index (Phi) is 5.04. The van der Waals surface area contributed by atoms with Gasteiger partial charge in [-0.2, -0.15) is 0 Å². The third kappa shape index (κ3) is 2.99. The maximum Gasteiger partial charge on any atom is 0.335 e. The lowest BCUT2D eigenvalue weighted by Crippen LogP contribution is -2.46. The van der Waals surface area contributed by atoms with Crippen LogP contribution in [0.4, 0.5) is 0 Å². The number of allylic oxidation sites excluding steroid dienone is 3. The van der Waals surface area contributed by atoms with Crippen molar-refractivity contribution in [1.29, 1.82) is 0 Å². The summed E-state index contributed by atoms with van der Waals surface area (Å²) in [4.78, 5) is 28.3. The number of piperidine rings is 1. The van der Waals surface area contributed by atoms with E-state index in [1.54, 1.807) is 12.1 Å². The molecule has 0 N–H and O–H groups in total. The van der Waals surface area contributed by atoms with Crippen LogP contribution in [0.15, 0.2) is 41.2 Å². The van der Waals surface area contributed by atoms with Crippen LogP contribution < -0.4 is 0 Å². The monoisotopic (exact) mass is 405 g/mol. The summed E-state index contributed by atoms with van der Waals surface area (Å²) < 4.78 is 5.03. The summed E-state index contributed by atoms with van der Waals surface area (Å²) in [6.45, 7) is 0.792. The van der Waals surface area contributed by atoms with Gasteiger partial charge in [0.05, 0.1) is 34.6 Å². The number of hydrogen-bond acceptors (Lipinski definition) is 4. The van der Waals surface area contributed by atoms with Crippen LogP contribution >= 0.6 is 23.2 Å². The Balaban J connectivity index is 1.96. The van der Waals surface area contributed by atoms with Gasteiger partial charge in [0, 0.05) is 17.9 Å². The molecule has 2 aliphatic heterocycles. The molecule has 0 amide bonds. The Morgan fingerprint density at radius 2 is 2.07 bits per heavy atom. The van der Waals surface area contributed by atoms with E-state index in [-0.39, 0.29) is 17.7 Å². The molecule has 1 saturated heterocycles. The van der Waals surface area contributed by atoms with Gasteiger partial charge in [0.25, 0.3) is 0 Å². The van der Waals surface area contributed by atoms with Crippen LogP contribution in [0.5, 0.6) is 0 Å². The predicted octanol–water partition coefficient (Wildman–Crippen LogP) is 4.87. The van der Waals surface area contributed by atoms with Gasteiger partial charge in [-0.3, -0.25) is 4.79 Å². The number of hydrogen-bond donors (Lipinski definition) is 0. The van der Waals surface area contributed by atoms with Crippen molar-refractivity contribution in [3.8, 4) is 0 Å². The molecule has 0 saturated carbocycles.